The van der Waals surface area contributed by atoms with Crippen LogP contribution in [0.4, 0.5) is 4.39 Å². The van der Waals surface area contributed by atoms with Crippen molar-refractivity contribution < 1.29 is 9.50 Å². The van der Waals surface area contributed by atoms with Gasteiger partial charge < -0.3 is 15.7 Å². The molecule has 0 aliphatic carbocycles. The number of hydrogen-bond donors (Lipinski definition) is 3. The van der Waals surface area contributed by atoms with Crippen LogP contribution in [0.5, 0.6) is 0 Å². The lowest BCUT2D eigenvalue weighted by molar-refractivity contribution is 0.169. The molecule has 1 aliphatic rings. The van der Waals surface area contributed by atoms with Crippen LogP contribution in [0.25, 0.3) is 0 Å². The lowest BCUT2D eigenvalue weighted by atomic mass is 10.1. The first-order valence-electron chi connectivity index (χ1n) is 7.06. The minimum atomic E-state index is -0.393. The highest BCUT2D eigenvalue weighted by molar-refractivity contribution is 5.96. The van der Waals surface area contributed by atoms with E-state index in [4.69, 9.17) is 11.1 Å². The van der Waals surface area contributed by atoms with Crippen LogP contribution in [0.3, 0.4) is 0 Å². The van der Waals surface area contributed by atoms with Gasteiger partial charge in [-0.25, -0.2) is 4.39 Å². The van der Waals surface area contributed by atoms with Gasteiger partial charge in [-0.15, -0.1) is 0 Å². The van der Waals surface area contributed by atoms with E-state index in [1.165, 1.54) is 12.1 Å². The maximum atomic E-state index is 13.3. The quantitative estimate of drug-likeness (QED) is 0.549. The Morgan fingerprint density at radius 3 is 2.86 bits per heavy atom. The number of nitrogen functional groups attached to an aromatic ring is 1. The zero-order chi connectivity index (χ0) is 15.6. The third-order valence-electron chi connectivity index (χ3n) is 3.82. The van der Waals surface area contributed by atoms with Crippen LogP contribution in [0.1, 0.15) is 17.5 Å². The molecule has 0 spiro atoms. The topological polar surface area (TPSA) is 76.6 Å². The zero-order valence-electron chi connectivity index (χ0n) is 12.5. The van der Waals surface area contributed by atoms with E-state index >= 15 is 0 Å². The molecule has 1 heterocycles. The average molecular weight is 294 g/mol. The Hall–Kier alpha value is -1.50. The number of amidine groups is 1. The van der Waals surface area contributed by atoms with Crippen LogP contribution in [0.2, 0.25) is 0 Å². The van der Waals surface area contributed by atoms with Gasteiger partial charge in [-0.3, -0.25) is 10.3 Å². The predicted molar refractivity (Wildman–Crippen MR) is 80.8 cm³/mol. The minimum absolute atomic E-state index is 0.131. The van der Waals surface area contributed by atoms with E-state index in [0.29, 0.717) is 18.7 Å². The molecule has 0 aromatic heterocycles. The normalized spacial score (nSPS) is 22.9. The Labute approximate surface area is 124 Å². The number of hydrogen-bond acceptors (Lipinski definition) is 4. The number of β-amino-alcohol motifs (C(OH)–C–C–N with tert-alkyl or cyclic N) is 1. The summed E-state index contributed by atoms with van der Waals surface area (Å²) in [7, 11) is 4.00. The van der Waals surface area contributed by atoms with E-state index in [-0.39, 0.29) is 18.0 Å². The molecule has 1 fully saturated rings. The van der Waals surface area contributed by atoms with Crippen molar-refractivity contribution in [3.8, 4) is 0 Å². The van der Waals surface area contributed by atoms with Gasteiger partial charge in [0.05, 0.1) is 6.10 Å². The van der Waals surface area contributed by atoms with Crippen molar-refractivity contribution in [1.82, 2.24) is 9.80 Å². The molecule has 0 radical (unpaired) electrons. The number of benzene rings is 1. The van der Waals surface area contributed by atoms with Crippen molar-refractivity contribution in [2.24, 2.45) is 5.73 Å². The van der Waals surface area contributed by atoms with Crippen molar-refractivity contribution in [3.63, 3.8) is 0 Å². The van der Waals surface area contributed by atoms with Gasteiger partial charge in [0.15, 0.2) is 0 Å². The Kier molecular flexibility index (Phi) is 4.92. The maximum absolute atomic E-state index is 13.3. The Morgan fingerprint density at radius 1 is 1.52 bits per heavy atom. The van der Waals surface area contributed by atoms with E-state index in [0.717, 1.165) is 18.5 Å². The van der Waals surface area contributed by atoms with E-state index < -0.39 is 5.82 Å². The summed E-state index contributed by atoms with van der Waals surface area (Å²) in [5, 5.41) is 17.5. The first-order valence-corrected chi connectivity index (χ1v) is 7.06. The lowest BCUT2D eigenvalue weighted by Crippen LogP contribution is -2.37. The van der Waals surface area contributed by atoms with Gasteiger partial charge in [-0.1, -0.05) is 6.07 Å². The molecule has 2 rings (SSSR count). The number of nitrogens with zero attached hydrogens (tertiary/aromatic N) is 2. The SMILES string of the molecule is CN(C)CC1CC(O)CN1Cc1ccc(F)cc1C(=N)N. The van der Waals surface area contributed by atoms with Gasteiger partial charge >= 0.3 is 0 Å². The Balaban J connectivity index is 2.18. The zero-order valence-corrected chi connectivity index (χ0v) is 12.5. The molecule has 1 aromatic rings. The number of nitrogens with two attached hydrogens (primary N) is 1. The second-order valence-electron chi connectivity index (χ2n) is 5.95. The fraction of sp³-hybridized carbons (Fsp3) is 0.533. The molecular formula is C15H23FN4O. The molecular weight excluding hydrogens is 271 g/mol. The van der Waals surface area contributed by atoms with Crippen LogP contribution in [0, 0.1) is 11.2 Å². The summed E-state index contributed by atoms with van der Waals surface area (Å²) in [4.78, 5) is 4.26. The third kappa shape index (κ3) is 4.00. The number of aliphatic hydroxyl groups is 1. The van der Waals surface area contributed by atoms with Crippen molar-refractivity contribution in [2.75, 3.05) is 27.2 Å². The van der Waals surface area contributed by atoms with E-state index in [1.807, 2.05) is 14.1 Å². The fourth-order valence-electron chi connectivity index (χ4n) is 2.92. The molecule has 2 unspecified atom stereocenters. The summed E-state index contributed by atoms with van der Waals surface area (Å²) in [5.74, 6) is -0.524. The number of aliphatic hydroxyl groups excluding tert-OH is 1. The summed E-state index contributed by atoms with van der Waals surface area (Å²) in [6, 6.07) is 4.60. The molecule has 21 heavy (non-hydrogen) atoms. The van der Waals surface area contributed by atoms with E-state index in [1.54, 1.807) is 6.07 Å². The number of likely N-dealkylation sites (tertiary alicyclic amines) is 1. The van der Waals surface area contributed by atoms with Gasteiger partial charge in [-0.05, 0) is 38.2 Å². The highest BCUT2D eigenvalue weighted by Crippen LogP contribution is 2.23. The van der Waals surface area contributed by atoms with Crippen LogP contribution in [-0.4, -0.2) is 60.1 Å². The molecule has 4 N–H and O–H groups in total. The maximum Gasteiger partial charge on any atom is 0.123 e. The highest BCUT2D eigenvalue weighted by Gasteiger charge is 2.31. The summed E-state index contributed by atoms with van der Waals surface area (Å²) >= 11 is 0. The molecule has 6 heteroatoms. The molecule has 0 amide bonds. The van der Waals surface area contributed by atoms with Gasteiger partial charge in [0.25, 0.3) is 0 Å². The largest absolute Gasteiger partial charge is 0.392 e. The predicted octanol–water partition coefficient (Wildman–Crippen LogP) is 0.607. The van der Waals surface area contributed by atoms with Crippen LogP contribution in [-0.2, 0) is 6.54 Å². The summed E-state index contributed by atoms with van der Waals surface area (Å²) in [6.45, 7) is 2.01. The Bertz CT molecular complexity index is 520. The summed E-state index contributed by atoms with van der Waals surface area (Å²) in [6.07, 6.45) is 0.394. The van der Waals surface area contributed by atoms with Crippen molar-refractivity contribution in [1.29, 1.82) is 5.41 Å². The third-order valence-corrected chi connectivity index (χ3v) is 3.82. The molecule has 1 aliphatic heterocycles. The summed E-state index contributed by atoms with van der Waals surface area (Å²) < 4.78 is 13.3. The monoisotopic (exact) mass is 294 g/mol. The molecule has 1 saturated heterocycles. The highest BCUT2D eigenvalue weighted by atomic mass is 19.1. The molecule has 0 saturated carbocycles. The standard InChI is InChI=1S/C15H23FN4O/c1-19(2)8-12-6-13(21)9-20(12)7-10-3-4-11(16)5-14(10)15(17)18/h3-5,12-13,21H,6-9H2,1-2H3,(H3,17,18). The van der Waals surface area contributed by atoms with Crippen LogP contribution in [0.15, 0.2) is 18.2 Å². The van der Waals surface area contributed by atoms with Crippen molar-refractivity contribution in [3.05, 3.63) is 35.1 Å². The first-order chi connectivity index (χ1) is 9.86. The second-order valence-corrected chi connectivity index (χ2v) is 5.95. The lowest BCUT2D eigenvalue weighted by Gasteiger charge is -2.27. The van der Waals surface area contributed by atoms with Crippen LogP contribution < -0.4 is 5.73 Å². The molecule has 2 atom stereocenters. The smallest absolute Gasteiger partial charge is 0.123 e. The first kappa shape index (κ1) is 15.9. The van der Waals surface area contributed by atoms with Crippen molar-refractivity contribution in [2.45, 2.75) is 25.1 Å². The summed E-state index contributed by atoms with van der Waals surface area (Å²) in [5.41, 5.74) is 6.79. The van der Waals surface area contributed by atoms with Gasteiger partial charge in [-0.2, -0.15) is 0 Å². The molecule has 0 bridgehead atoms. The number of likely N-dealkylation sites (N-methyl/N-ethyl adjacent to an activating group) is 1. The fourth-order valence-corrected chi connectivity index (χ4v) is 2.92. The van der Waals surface area contributed by atoms with E-state index in [9.17, 15) is 9.50 Å². The van der Waals surface area contributed by atoms with Gasteiger partial charge in [0.2, 0.25) is 0 Å². The average Bonchev–Trinajstić information content (AvgIpc) is 2.70. The minimum Gasteiger partial charge on any atom is -0.392 e. The number of nitrogens with one attached hydrogen (secondary N) is 1. The van der Waals surface area contributed by atoms with Crippen LogP contribution >= 0.6 is 0 Å². The molecule has 5 nitrogen and oxygen atoms in total. The van der Waals surface area contributed by atoms with Gasteiger partial charge in [0.1, 0.15) is 11.7 Å². The van der Waals surface area contributed by atoms with E-state index in [2.05, 4.69) is 9.80 Å². The number of rotatable bonds is 5. The van der Waals surface area contributed by atoms with Gasteiger partial charge in [0, 0.05) is 31.2 Å². The molecule has 116 valence electrons. The second kappa shape index (κ2) is 6.51. The van der Waals surface area contributed by atoms with Crippen molar-refractivity contribution >= 4 is 5.84 Å². The molecule has 1 aromatic carbocycles. The number of halogens is 1. The Morgan fingerprint density at radius 2 is 2.24 bits per heavy atom.